The first-order chi connectivity index (χ1) is 17.4. The van der Waals surface area contributed by atoms with Crippen molar-refractivity contribution in [1.29, 1.82) is 0 Å². The fourth-order valence-corrected chi connectivity index (χ4v) is 4.27. The molecule has 206 valence electrons. The number of ether oxygens (including phenoxy) is 1. The molecule has 2 heterocycles. The minimum Gasteiger partial charge on any atom is -0.461 e. The van der Waals surface area contributed by atoms with Crippen molar-refractivity contribution >= 4 is 35.0 Å². The highest BCUT2D eigenvalue weighted by Crippen LogP contribution is 2.27. The highest BCUT2D eigenvalue weighted by Gasteiger charge is 2.51. The fraction of sp³-hybridized carbons (Fsp3) is 0.583. The molecule has 0 saturated heterocycles. The number of unbranched alkanes of at least 4 members (excludes halogenated alkanes) is 1. The number of thioether (sulfide) groups is 1. The number of nitrogens with one attached hydrogen (secondary N) is 1. The van der Waals surface area contributed by atoms with Crippen LogP contribution >= 0.6 is 11.8 Å². The number of aliphatic hydroxyl groups excluding tert-OH is 2. The van der Waals surface area contributed by atoms with Gasteiger partial charge < -0.3 is 20.1 Å². The summed E-state index contributed by atoms with van der Waals surface area (Å²) >= 11 is 1.38. The van der Waals surface area contributed by atoms with Crippen molar-refractivity contribution in [3.05, 3.63) is 35.9 Å². The highest BCUT2D eigenvalue weighted by atomic mass is 32.2. The summed E-state index contributed by atoms with van der Waals surface area (Å²) in [6.45, 7) is 2.91. The number of rotatable bonds is 8. The molecule has 0 aromatic heterocycles. The van der Waals surface area contributed by atoms with E-state index < -0.39 is 30.4 Å². The maximum absolute atomic E-state index is 12.2. The Labute approximate surface area is 217 Å². The second-order valence-electron chi connectivity index (χ2n) is 8.85. The smallest absolute Gasteiger partial charge is 0.446 e. The SMILES string of the molecule is CSC1=NC2(O)C[C@H](O)[C@H](O)C[N+](CCCC[C@H](C)C(=O)OCc3ccccc3)=C2N1.O=CC(F)(F)F. The summed E-state index contributed by atoms with van der Waals surface area (Å²) in [5, 5.41) is 35.1. The standard InChI is InChI=1S/C22H31N3O5S.C2HF3O/c1-15(19(28)30-14-16-9-4-3-5-10-16)8-6-7-11-25-13-18(27)17(26)12-22(29)20(25)23-21(24-22)31-2;3-2(4,5)1-6/h3-5,9-10,15,17-18,26-27,29H,6-8,11-14H2,1-2H3;1H/p+1/t15-,17-,18+,22?;/m0./s1. The van der Waals surface area contributed by atoms with E-state index in [1.165, 1.54) is 11.8 Å². The van der Waals surface area contributed by atoms with E-state index in [0.717, 1.165) is 18.4 Å². The summed E-state index contributed by atoms with van der Waals surface area (Å²) in [5.74, 6) is 0.0834. The molecule has 2 aliphatic heterocycles. The molecule has 9 nitrogen and oxygen atoms in total. The van der Waals surface area contributed by atoms with Crippen molar-refractivity contribution in [3.8, 4) is 0 Å². The minimum absolute atomic E-state index is 0.0542. The van der Waals surface area contributed by atoms with E-state index in [4.69, 9.17) is 9.53 Å². The number of esters is 1. The van der Waals surface area contributed by atoms with Crippen LogP contribution in [0.5, 0.6) is 0 Å². The lowest BCUT2D eigenvalue weighted by molar-refractivity contribution is -0.541. The Morgan fingerprint density at radius 3 is 2.54 bits per heavy atom. The van der Waals surface area contributed by atoms with Crippen LogP contribution < -0.4 is 5.32 Å². The van der Waals surface area contributed by atoms with Gasteiger partial charge in [-0.2, -0.15) is 18.2 Å². The van der Waals surface area contributed by atoms with E-state index in [0.29, 0.717) is 24.0 Å². The Morgan fingerprint density at radius 1 is 1.30 bits per heavy atom. The Kier molecular flexibility index (Phi) is 11.5. The third-order valence-corrected chi connectivity index (χ3v) is 6.40. The zero-order chi connectivity index (χ0) is 27.6. The number of hydrogen-bond donors (Lipinski definition) is 4. The highest BCUT2D eigenvalue weighted by molar-refractivity contribution is 8.13. The summed E-state index contributed by atoms with van der Waals surface area (Å²) < 4.78 is 38.5. The average molecular weight is 549 g/mol. The van der Waals surface area contributed by atoms with Crippen LogP contribution in [-0.2, 0) is 20.9 Å². The van der Waals surface area contributed by atoms with E-state index in [1.807, 2.05) is 48.1 Å². The van der Waals surface area contributed by atoms with Crippen molar-refractivity contribution in [2.75, 3.05) is 19.3 Å². The number of aliphatic imine (C=N–C) groups is 1. The zero-order valence-corrected chi connectivity index (χ0v) is 21.5. The van der Waals surface area contributed by atoms with Crippen LogP contribution in [0.4, 0.5) is 13.2 Å². The van der Waals surface area contributed by atoms with Gasteiger partial charge in [0.25, 0.3) is 10.9 Å². The molecule has 0 bridgehead atoms. The first kappa shape index (κ1) is 30.7. The Morgan fingerprint density at radius 2 is 1.95 bits per heavy atom. The Bertz CT molecular complexity index is 976. The van der Waals surface area contributed by atoms with E-state index in [9.17, 15) is 33.3 Å². The molecule has 4 N–H and O–H groups in total. The van der Waals surface area contributed by atoms with Crippen molar-refractivity contribution in [1.82, 2.24) is 5.32 Å². The van der Waals surface area contributed by atoms with Gasteiger partial charge in [0.05, 0.1) is 18.6 Å². The monoisotopic (exact) mass is 548 g/mol. The molecule has 0 aliphatic carbocycles. The number of benzene rings is 1. The summed E-state index contributed by atoms with van der Waals surface area (Å²) in [6, 6.07) is 9.60. The number of carbonyl (C=O) groups excluding carboxylic acids is 2. The molecule has 4 atom stereocenters. The van der Waals surface area contributed by atoms with Crippen molar-refractivity contribution in [2.24, 2.45) is 10.9 Å². The molecule has 0 fully saturated rings. The number of hydrogen-bond acceptors (Lipinski definition) is 9. The third kappa shape index (κ3) is 9.72. The number of aliphatic hydroxyl groups is 3. The molecule has 0 saturated carbocycles. The molecular formula is C24H33F3N3O6S+. The summed E-state index contributed by atoms with van der Waals surface area (Å²) in [7, 11) is 0. The van der Waals surface area contributed by atoms with Crippen LogP contribution in [0.1, 0.15) is 38.2 Å². The first-order valence-corrected chi connectivity index (χ1v) is 13.0. The van der Waals surface area contributed by atoms with Gasteiger partial charge in [0, 0.05) is 6.42 Å². The number of β-amino-alcohol motifs (C(OH)–C–C–N with tert-alkyl or cyclic N) is 1. The molecule has 0 spiro atoms. The third-order valence-electron chi connectivity index (χ3n) is 5.82. The van der Waals surface area contributed by atoms with Crippen LogP contribution in [0.3, 0.4) is 0 Å². The van der Waals surface area contributed by atoms with E-state index in [2.05, 4.69) is 10.3 Å². The van der Waals surface area contributed by atoms with Crippen molar-refractivity contribution in [3.63, 3.8) is 0 Å². The summed E-state index contributed by atoms with van der Waals surface area (Å²) in [6.07, 6.45) is -3.69. The first-order valence-electron chi connectivity index (χ1n) is 11.7. The molecule has 3 rings (SSSR count). The zero-order valence-electron chi connectivity index (χ0n) is 20.6. The van der Waals surface area contributed by atoms with Crippen LogP contribution in [0.2, 0.25) is 0 Å². The second-order valence-corrected chi connectivity index (χ2v) is 9.64. The van der Waals surface area contributed by atoms with Gasteiger partial charge in [0.2, 0.25) is 6.29 Å². The topological polar surface area (TPSA) is 131 Å². The number of alkyl halides is 3. The maximum Gasteiger partial charge on any atom is 0.446 e. The average Bonchev–Trinajstić information content (AvgIpc) is 3.16. The van der Waals surface area contributed by atoms with Gasteiger partial charge in [-0.15, -0.1) is 0 Å². The number of amidine groups is 2. The minimum atomic E-state index is -4.64. The van der Waals surface area contributed by atoms with Gasteiger partial charge >= 0.3 is 18.0 Å². The molecular weight excluding hydrogens is 515 g/mol. The largest absolute Gasteiger partial charge is 0.461 e. The number of halogens is 3. The lowest BCUT2D eigenvalue weighted by Crippen LogP contribution is -2.46. The Balaban J connectivity index is 0.000000717. The molecule has 1 unspecified atom stereocenters. The van der Waals surface area contributed by atoms with Gasteiger partial charge in [-0.3, -0.25) is 14.2 Å². The van der Waals surface area contributed by atoms with E-state index in [1.54, 1.807) is 0 Å². The lowest BCUT2D eigenvalue weighted by atomic mass is 10.0. The van der Waals surface area contributed by atoms with E-state index in [-0.39, 0.29) is 31.5 Å². The molecule has 1 aromatic rings. The van der Waals surface area contributed by atoms with E-state index >= 15 is 0 Å². The second kappa shape index (κ2) is 13.9. The van der Waals surface area contributed by atoms with Crippen LogP contribution in [0.25, 0.3) is 0 Å². The number of carbonyl (C=O) groups is 2. The molecule has 2 aliphatic rings. The van der Waals surface area contributed by atoms with Gasteiger partial charge in [-0.1, -0.05) is 49.0 Å². The van der Waals surface area contributed by atoms with Crippen LogP contribution in [-0.4, -0.2) is 86.6 Å². The summed E-state index contributed by atoms with van der Waals surface area (Å²) in [5.41, 5.74) is -0.589. The molecule has 13 heteroatoms. The Hall–Kier alpha value is -2.48. The fourth-order valence-electron chi connectivity index (χ4n) is 3.83. The maximum atomic E-state index is 12.2. The molecule has 0 amide bonds. The molecule has 37 heavy (non-hydrogen) atoms. The van der Waals surface area contributed by atoms with Crippen molar-refractivity contribution in [2.45, 2.75) is 63.3 Å². The molecule has 1 aromatic carbocycles. The number of aldehydes is 1. The lowest BCUT2D eigenvalue weighted by Gasteiger charge is -2.18. The van der Waals surface area contributed by atoms with Gasteiger partial charge in [-0.25, -0.2) is 5.32 Å². The normalized spacial score (nSPS) is 24.1. The van der Waals surface area contributed by atoms with Crippen LogP contribution in [0, 0.1) is 5.92 Å². The number of fused-ring (bicyclic) bond motifs is 1. The predicted molar refractivity (Wildman–Crippen MR) is 132 cm³/mol. The van der Waals surface area contributed by atoms with Gasteiger partial charge in [0.1, 0.15) is 19.3 Å². The van der Waals surface area contributed by atoms with Gasteiger partial charge in [0.15, 0.2) is 0 Å². The van der Waals surface area contributed by atoms with Crippen LogP contribution in [0.15, 0.2) is 35.3 Å². The predicted octanol–water partition coefficient (Wildman–Crippen LogP) is 1.83. The number of nitrogens with zero attached hydrogens (tertiary/aromatic N) is 2. The quantitative estimate of drug-likeness (QED) is 0.168. The van der Waals surface area contributed by atoms with Gasteiger partial charge in [-0.05, 0) is 31.1 Å². The summed E-state index contributed by atoms with van der Waals surface area (Å²) in [4.78, 5) is 25.2. The van der Waals surface area contributed by atoms with Crippen molar-refractivity contribution < 1.29 is 47.4 Å². The molecule has 0 radical (unpaired) electrons.